The Kier molecular flexibility index (Phi) is 11.4. The van der Waals surface area contributed by atoms with Crippen LogP contribution in [0.5, 0.6) is 0 Å². The largest absolute Gasteiger partial charge is 0.312 e. The third-order valence-corrected chi connectivity index (χ3v) is 26.9. The van der Waals surface area contributed by atoms with E-state index in [4.69, 9.17) is 0 Å². The molecule has 352 valence electrons. The van der Waals surface area contributed by atoms with Crippen molar-refractivity contribution in [3.8, 4) is 0 Å². The number of fused-ring (bicyclic) bond motifs is 10. The third kappa shape index (κ3) is 6.72. The molecule has 0 bridgehead atoms. The van der Waals surface area contributed by atoms with Gasteiger partial charge in [0.2, 0.25) is 0 Å². The first-order valence-electron chi connectivity index (χ1n) is 30.7. The minimum Gasteiger partial charge on any atom is -0.312 e. The van der Waals surface area contributed by atoms with Crippen LogP contribution in [-0.4, -0.2) is 36.1 Å². The standard InChI is InChI=1S/C61H98N2/c1-4-16-53-48(13-1)49-14-2-5-17-54(49)61(53)55-18-6-3-15-50(55)51-30-25-43(36-56(51)61)38-21-27-46(28-22-38)63-37-45(26-32-58(63)57-33-34-62-57)42-11-8-12-44(35-42)47-29-23-41-20-19-39-9-7-10-40-24-31-52(47)60(41)59(39)40/h38-60,62H,1-37H2. The van der Waals surface area contributed by atoms with Crippen molar-refractivity contribution < 1.29 is 0 Å². The summed E-state index contributed by atoms with van der Waals surface area (Å²) in [6.45, 7) is 2.78. The first kappa shape index (κ1) is 41.9. The molecule has 0 radical (unpaired) electrons. The van der Waals surface area contributed by atoms with Crippen LogP contribution < -0.4 is 5.32 Å². The molecule has 1 spiro atoms. The molecular formula is C61H98N2. The predicted molar refractivity (Wildman–Crippen MR) is 260 cm³/mol. The van der Waals surface area contributed by atoms with Crippen LogP contribution in [0.1, 0.15) is 225 Å². The molecule has 63 heavy (non-hydrogen) atoms. The molecule has 2 aliphatic heterocycles. The molecule has 21 unspecified atom stereocenters. The van der Waals surface area contributed by atoms with Crippen molar-refractivity contribution in [3.63, 3.8) is 0 Å². The molecule has 2 saturated heterocycles. The first-order valence-corrected chi connectivity index (χ1v) is 30.7. The second-order valence-electron chi connectivity index (χ2n) is 28.1. The lowest BCUT2D eigenvalue weighted by Gasteiger charge is -2.60. The van der Waals surface area contributed by atoms with Crippen LogP contribution >= 0.6 is 0 Å². The van der Waals surface area contributed by atoms with Crippen molar-refractivity contribution in [2.45, 2.75) is 243 Å². The van der Waals surface area contributed by atoms with Crippen molar-refractivity contribution in [1.29, 1.82) is 0 Å². The number of hydrogen-bond donors (Lipinski definition) is 1. The van der Waals surface area contributed by atoms with Gasteiger partial charge in [-0.05, 0) is 278 Å². The van der Waals surface area contributed by atoms with Gasteiger partial charge in [-0.25, -0.2) is 0 Å². The normalized spacial score (nSPS) is 57.8. The zero-order valence-corrected chi connectivity index (χ0v) is 40.9. The van der Waals surface area contributed by atoms with Crippen LogP contribution in [0.25, 0.3) is 0 Å². The molecule has 2 nitrogen and oxygen atoms in total. The van der Waals surface area contributed by atoms with Crippen molar-refractivity contribution >= 4 is 0 Å². The zero-order valence-electron chi connectivity index (χ0n) is 40.9. The lowest BCUT2D eigenvalue weighted by Crippen LogP contribution is -2.62. The first-order chi connectivity index (χ1) is 31.2. The Balaban J connectivity index is 0.660. The summed E-state index contributed by atoms with van der Waals surface area (Å²) in [7, 11) is 0. The van der Waals surface area contributed by atoms with Gasteiger partial charge in [-0.3, -0.25) is 4.90 Å². The molecule has 14 fully saturated rings. The number of nitrogens with one attached hydrogen (secondary N) is 1. The van der Waals surface area contributed by atoms with E-state index in [2.05, 4.69) is 10.2 Å². The van der Waals surface area contributed by atoms with E-state index in [1.54, 1.807) is 212 Å². The summed E-state index contributed by atoms with van der Waals surface area (Å²) in [5.74, 6) is 22.3. The molecule has 14 rings (SSSR count). The fraction of sp³-hybridized carbons (Fsp3) is 1.00. The third-order valence-electron chi connectivity index (χ3n) is 26.9. The van der Waals surface area contributed by atoms with E-state index < -0.39 is 0 Å². The average Bonchev–Trinajstić information content (AvgIpc) is 3.80. The summed E-state index contributed by atoms with van der Waals surface area (Å²) in [5.41, 5.74) is 0.791. The zero-order chi connectivity index (χ0) is 41.2. The van der Waals surface area contributed by atoms with Crippen LogP contribution in [0.3, 0.4) is 0 Å². The van der Waals surface area contributed by atoms with E-state index in [1.807, 2.05) is 0 Å². The van der Waals surface area contributed by atoms with Gasteiger partial charge in [-0.2, -0.15) is 0 Å². The average molecular weight is 859 g/mol. The highest BCUT2D eigenvalue weighted by Gasteiger charge is 2.72. The van der Waals surface area contributed by atoms with Crippen LogP contribution in [0.15, 0.2) is 0 Å². The molecule has 12 saturated carbocycles. The van der Waals surface area contributed by atoms with Crippen molar-refractivity contribution in [2.75, 3.05) is 13.1 Å². The van der Waals surface area contributed by atoms with E-state index in [-0.39, 0.29) is 0 Å². The molecule has 21 atom stereocenters. The number of rotatable bonds is 5. The Morgan fingerprint density at radius 1 is 0.317 bits per heavy atom. The Bertz CT molecular complexity index is 1550. The summed E-state index contributed by atoms with van der Waals surface area (Å²) in [6.07, 6.45) is 56.1. The quantitative estimate of drug-likeness (QED) is 0.296. The van der Waals surface area contributed by atoms with Gasteiger partial charge in [-0.15, -0.1) is 0 Å². The second-order valence-corrected chi connectivity index (χ2v) is 28.1. The van der Waals surface area contributed by atoms with Crippen LogP contribution in [0.2, 0.25) is 0 Å². The fourth-order valence-electron chi connectivity index (χ4n) is 25.1. The topological polar surface area (TPSA) is 15.3 Å². The summed E-state index contributed by atoms with van der Waals surface area (Å²) in [6, 6.07) is 2.56. The highest BCUT2D eigenvalue weighted by atomic mass is 15.2. The van der Waals surface area contributed by atoms with E-state index in [9.17, 15) is 0 Å². The Morgan fingerprint density at radius 2 is 0.810 bits per heavy atom. The van der Waals surface area contributed by atoms with Crippen LogP contribution in [0.4, 0.5) is 0 Å². The Morgan fingerprint density at radius 3 is 1.46 bits per heavy atom. The fourth-order valence-corrected chi connectivity index (χ4v) is 25.1. The molecule has 0 amide bonds. The monoisotopic (exact) mass is 859 g/mol. The number of likely N-dealkylation sites (tertiary alicyclic amines) is 1. The van der Waals surface area contributed by atoms with Gasteiger partial charge in [0.15, 0.2) is 0 Å². The molecule has 12 aliphatic carbocycles. The van der Waals surface area contributed by atoms with Gasteiger partial charge in [0.25, 0.3) is 0 Å². The van der Waals surface area contributed by atoms with Gasteiger partial charge >= 0.3 is 0 Å². The van der Waals surface area contributed by atoms with Crippen LogP contribution in [-0.2, 0) is 0 Å². The molecule has 0 aromatic heterocycles. The Hall–Kier alpha value is -0.0800. The molecule has 2 heterocycles. The van der Waals surface area contributed by atoms with Gasteiger partial charge in [-0.1, -0.05) is 77.0 Å². The molecule has 2 heteroatoms. The maximum absolute atomic E-state index is 4.01. The summed E-state index contributed by atoms with van der Waals surface area (Å²) in [5, 5.41) is 4.01. The summed E-state index contributed by atoms with van der Waals surface area (Å²) < 4.78 is 0. The SMILES string of the molecule is C1CC(C2CCC(C3CCN3)N(C3CCC(C4CCC5C6CCCCC6C6(C7CCCCC7C7CCCCC76)C5C4)CC3)C2)CC(C2CCC3CCC4CCCC5CCC2C3C45)C1. The van der Waals surface area contributed by atoms with E-state index in [1.165, 1.54) is 25.9 Å². The van der Waals surface area contributed by atoms with Crippen molar-refractivity contribution in [1.82, 2.24) is 10.2 Å². The summed E-state index contributed by atoms with van der Waals surface area (Å²) >= 11 is 0. The predicted octanol–water partition coefficient (Wildman–Crippen LogP) is 15.1. The maximum Gasteiger partial charge on any atom is 0.0252 e. The lowest BCUT2D eigenvalue weighted by molar-refractivity contribution is -0.112. The minimum atomic E-state index is 0.791. The highest BCUT2D eigenvalue weighted by Crippen LogP contribution is 2.78. The van der Waals surface area contributed by atoms with Gasteiger partial charge < -0.3 is 5.32 Å². The number of nitrogens with zero attached hydrogens (tertiary/aromatic N) is 1. The second kappa shape index (κ2) is 17.1. The van der Waals surface area contributed by atoms with E-state index in [0.29, 0.717) is 0 Å². The molecule has 0 aromatic carbocycles. The Labute approximate surface area is 388 Å². The van der Waals surface area contributed by atoms with Gasteiger partial charge in [0, 0.05) is 24.7 Å². The smallest absolute Gasteiger partial charge is 0.0252 e. The van der Waals surface area contributed by atoms with Crippen molar-refractivity contribution in [2.24, 2.45) is 124 Å². The lowest BCUT2D eigenvalue weighted by atomic mass is 9.45. The molecular weight excluding hydrogens is 761 g/mol. The number of hydrogen-bond acceptors (Lipinski definition) is 2. The van der Waals surface area contributed by atoms with E-state index in [0.717, 1.165) is 142 Å². The highest BCUT2D eigenvalue weighted by molar-refractivity contribution is 5.20. The molecule has 0 aromatic rings. The maximum atomic E-state index is 4.01. The molecule has 1 N–H and O–H groups in total. The number of piperidine rings is 1. The molecule has 14 aliphatic rings. The van der Waals surface area contributed by atoms with E-state index >= 15 is 0 Å². The minimum absolute atomic E-state index is 0.791. The van der Waals surface area contributed by atoms with Crippen molar-refractivity contribution in [3.05, 3.63) is 0 Å². The van der Waals surface area contributed by atoms with Gasteiger partial charge in [0.05, 0.1) is 0 Å². The van der Waals surface area contributed by atoms with Crippen LogP contribution in [0, 0.1) is 124 Å². The van der Waals surface area contributed by atoms with Gasteiger partial charge in [0.1, 0.15) is 0 Å². The summed E-state index contributed by atoms with van der Waals surface area (Å²) in [4.78, 5) is 3.29.